The fourth-order valence-corrected chi connectivity index (χ4v) is 3.61. The standard InChI is InChI=1S/C22H24F3N7O/c1-13-19-20(31(3)14(2)21(33)30-19)29-18(28-13)7-5-16-11-27-32(12-16)9-8-15-4-6-17(26-10-15)22(23,24)25/h4,6,10-12,14H,5,7-9H2,1-3H3,(H,30,33)/t14-/m0/s1. The van der Waals surface area contributed by atoms with Crippen LogP contribution in [0.2, 0.25) is 0 Å². The number of carbonyl (C=O) groups is 1. The van der Waals surface area contributed by atoms with Crippen molar-refractivity contribution in [2.24, 2.45) is 0 Å². The average Bonchev–Trinajstić information content (AvgIpc) is 3.23. The van der Waals surface area contributed by atoms with E-state index in [0.29, 0.717) is 48.7 Å². The molecule has 0 aromatic carbocycles. The van der Waals surface area contributed by atoms with Crippen LogP contribution in [0, 0.1) is 6.92 Å². The van der Waals surface area contributed by atoms with E-state index in [9.17, 15) is 18.0 Å². The maximum Gasteiger partial charge on any atom is 0.433 e. The van der Waals surface area contributed by atoms with Crippen molar-refractivity contribution in [2.45, 2.75) is 51.9 Å². The molecule has 3 aromatic rings. The minimum Gasteiger partial charge on any atom is -0.346 e. The fraction of sp³-hybridized carbons (Fsp3) is 0.409. The van der Waals surface area contributed by atoms with Crippen LogP contribution in [-0.2, 0) is 36.8 Å². The first-order valence-electron chi connectivity index (χ1n) is 10.6. The molecule has 1 atom stereocenters. The van der Waals surface area contributed by atoms with Crippen LogP contribution in [-0.4, -0.2) is 43.7 Å². The molecule has 0 saturated carbocycles. The first-order valence-corrected chi connectivity index (χ1v) is 10.6. The van der Waals surface area contributed by atoms with Crippen molar-refractivity contribution >= 4 is 17.4 Å². The highest BCUT2D eigenvalue weighted by atomic mass is 19.4. The summed E-state index contributed by atoms with van der Waals surface area (Å²) in [6.07, 6.45) is 2.32. The summed E-state index contributed by atoms with van der Waals surface area (Å²) < 4.78 is 39.6. The maximum atomic E-state index is 12.6. The lowest BCUT2D eigenvalue weighted by molar-refractivity contribution is -0.141. The molecular weight excluding hydrogens is 435 g/mol. The highest BCUT2D eigenvalue weighted by Crippen LogP contribution is 2.31. The van der Waals surface area contributed by atoms with Gasteiger partial charge in [-0.15, -0.1) is 0 Å². The van der Waals surface area contributed by atoms with Gasteiger partial charge < -0.3 is 10.2 Å². The van der Waals surface area contributed by atoms with Gasteiger partial charge in [-0.25, -0.2) is 9.97 Å². The van der Waals surface area contributed by atoms with Crippen molar-refractivity contribution in [3.63, 3.8) is 0 Å². The molecule has 1 N–H and O–H groups in total. The lowest BCUT2D eigenvalue weighted by Crippen LogP contribution is -2.45. The molecule has 174 valence electrons. The van der Waals surface area contributed by atoms with Crippen molar-refractivity contribution in [1.29, 1.82) is 0 Å². The van der Waals surface area contributed by atoms with E-state index in [1.165, 1.54) is 12.3 Å². The third-order valence-corrected chi connectivity index (χ3v) is 5.73. The van der Waals surface area contributed by atoms with Crippen molar-refractivity contribution < 1.29 is 18.0 Å². The molecule has 0 fully saturated rings. The number of hydrogen-bond donors (Lipinski definition) is 1. The minimum atomic E-state index is -4.43. The zero-order chi connectivity index (χ0) is 23.8. The Hall–Kier alpha value is -3.50. The van der Waals surface area contributed by atoms with E-state index in [2.05, 4.69) is 25.4 Å². The number of fused-ring (bicyclic) bond motifs is 1. The summed E-state index contributed by atoms with van der Waals surface area (Å²) >= 11 is 0. The summed E-state index contributed by atoms with van der Waals surface area (Å²) in [6.45, 7) is 4.21. The molecule has 0 saturated heterocycles. The van der Waals surface area contributed by atoms with Crippen LogP contribution in [0.1, 0.15) is 35.3 Å². The Bertz CT molecular complexity index is 1160. The number of carbonyl (C=O) groups excluding carboxylic acids is 1. The number of amides is 1. The van der Waals surface area contributed by atoms with Crippen LogP contribution in [0.15, 0.2) is 30.7 Å². The number of nitrogens with zero attached hydrogens (tertiary/aromatic N) is 6. The van der Waals surface area contributed by atoms with Crippen molar-refractivity contribution in [3.8, 4) is 0 Å². The second-order valence-corrected chi connectivity index (χ2v) is 8.11. The van der Waals surface area contributed by atoms with E-state index >= 15 is 0 Å². The summed E-state index contributed by atoms with van der Waals surface area (Å²) in [7, 11) is 1.84. The number of aromatic nitrogens is 5. The summed E-state index contributed by atoms with van der Waals surface area (Å²) in [5, 5.41) is 7.21. The topological polar surface area (TPSA) is 88.8 Å². The lowest BCUT2D eigenvalue weighted by atomic mass is 10.1. The van der Waals surface area contributed by atoms with Gasteiger partial charge in [0, 0.05) is 32.4 Å². The van der Waals surface area contributed by atoms with E-state index in [0.717, 1.165) is 17.3 Å². The number of alkyl halides is 3. The Balaban J connectivity index is 1.36. The molecule has 3 aromatic heterocycles. The number of nitrogens with one attached hydrogen (secondary N) is 1. The van der Waals surface area contributed by atoms with Gasteiger partial charge in [0.1, 0.15) is 23.2 Å². The van der Waals surface area contributed by atoms with Crippen LogP contribution < -0.4 is 10.2 Å². The highest BCUT2D eigenvalue weighted by Gasteiger charge is 2.32. The first-order chi connectivity index (χ1) is 15.6. The molecule has 1 aliphatic rings. The quantitative estimate of drug-likeness (QED) is 0.609. The second kappa shape index (κ2) is 8.80. The zero-order valence-corrected chi connectivity index (χ0v) is 18.5. The van der Waals surface area contributed by atoms with E-state index in [-0.39, 0.29) is 11.9 Å². The molecule has 1 aliphatic heterocycles. The molecule has 0 radical (unpaired) electrons. The first kappa shape index (κ1) is 22.7. The van der Waals surface area contributed by atoms with Crippen LogP contribution in [0.25, 0.3) is 0 Å². The molecule has 0 bridgehead atoms. The van der Waals surface area contributed by atoms with Crippen LogP contribution in [0.5, 0.6) is 0 Å². The van der Waals surface area contributed by atoms with Gasteiger partial charge in [0.15, 0.2) is 5.82 Å². The van der Waals surface area contributed by atoms with Crippen LogP contribution >= 0.6 is 0 Å². The molecule has 8 nitrogen and oxygen atoms in total. The molecule has 1 amide bonds. The highest BCUT2D eigenvalue weighted by molar-refractivity contribution is 6.02. The maximum absolute atomic E-state index is 12.6. The number of halogens is 3. The number of likely N-dealkylation sites (N-methyl/N-ethyl adjacent to an activating group) is 1. The van der Waals surface area contributed by atoms with Gasteiger partial charge in [-0.05, 0) is 43.9 Å². The van der Waals surface area contributed by atoms with Crippen molar-refractivity contribution in [1.82, 2.24) is 24.7 Å². The largest absolute Gasteiger partial charge is 0.433 e. The Morgan fingerprint density at radius 3 is 2.58 bits per heavy atom. The van der Waals surface area contributed by atoms with Gasteiger partial charge in [-0.2, -0.15) is 18.3 Å². The lowest BCUT2D eigenvalue weighted by Gasteiger charge is -2.32. The van der Waals surface area contributed by atoms with E-state index in [1.807, 2.05) is 32.0 Å². The van der Waals surface area contributed by atoms with Crippen molar-refractivity contribution in [2.75, 3.05) is 17.3 Å². The second-order valence-electron chi connectivity index (χ2n) is 8.11. The monoisotopic (exact) mass is 459 g/mol. The Morgan fingerprint density at radius 1 is 1.09 bits per heavy atom. The number of anilines is 2. The summed E-state index contributed by atoms with van der Waals surface area (Å²) in [4.78, 5) is 26.6. The van der Waals surface area contributed by atoms with Crippen molar-refractivity contribution in [3.05, 3.63) is 59.1 Å². The minimum absolute atomic E-state index is 0.0797. The third-order valence-electron chi connectivity index (χ3n) is 5.73. The van der Waals surface area contributed by atoms with E-state index in [1.54, 1.807) is 10.9 Å². The Kier molecular flexibility index (Phi) is 6.05. The van der Waals surface area contributed by atoms with Gasteiger partial charge in [0.05, 0.1) is 11.9 Å². The molecule has 0 spiro atoms. The van der Waals surface area contributed by atoms with Crippen LogP contribution in [0.3, 0.4) is 0 Å². The molecule has 0 unspecified atom stereocenters. The zero-order valence-electron chi connectivity index (χ0n) is 18.5. The molecule has 4 heterocycles. The van der Waals surface area contributed by atoms with E-state index < -0.39 is 11.9 Å². The normalized spacial score (nSPS) is 16.0. The number of pyridine rings is 1. The Labute approximate surface area is 188 Å². The van der Waals surface area contributed by atoms with Crippen LogP contribution in [0.4, 0.5) is 24.7 Å². The van der Waals surface area contributed by atoms with Gasteiger partial charge >= 0.3 is 6.18 Å². The molecule has 33 heavy (non-hydrogen) atoms. The molecular formula is C22H24F3N7O. The van der Waals surface area contributed by atoms with Gasteiger partial charge in [0.2, 0.25) is 5.91 Å². The summed E-state index contributed by atoms with van der Waals surface area (Å²) in [5.74, 6) is 1.32. The third kappa shape index (κ3) is 4.96. The predicted octanol–water partition coefficient (Wildman–Crippen LogP) is 3.20. The smallest absolute Gasteiger partial charge is 0.346 e. The van der Waals surface area contributed by atoms with Gasteiger partial charge in [-0.1, -0.05) is 6.07 Å². The summed E-state index contributed by atoms with van der Waals surface area (Å²) in [5.41, 5.74) is 2.20. The number of aryl methyl sites for hydroxylation is 5. The molecule has 0 aliphatic carbocycles. The Morgan fingerprint density at radius 2 is 1.88 bits per heavy atom. The molecule has 11 heteroatoms. The predicted molar refractivity (Wildman–Crippen MR) is 116 cm³/mol. The van der Waals surface area contributed by atoms with Gasteiger partial charge in [-0.3, -0.25) is 14.5 Å². The number of hydrogen-bond acceptors (Lipinski definition) is 6. The SMILES string of the molecule is Cc1nc(CCc2cnn(CCc3ccc(C(F)(F)F)nc3)c2)nc2c1NC(=O)[C@H](C)N2C. The summed E-state index contributed by atoms with van der Waals surface area (Å²) in [6, 6.07) is 2.13. The average molecular weight is 459 g/mol. The number of rotatable bonds is 6. The fourth-order valence-electron chi connectivity index (χ4n) is 3.61. The van der Waals surface area contributed by atoms with E-state index in [4.69, 9.17) is 0 Å². The van der Waals surface area contributed by atoms with Gasteiger partial charge in [0.25, 0.3) is 0 Å². The molecule has 4 rings (SSSR count).